The second-order valence-corrected chi connectivity index (χ2v) is 11.5. The predicted molar refractivity (Wildman–Crippen MR) is 154 cm³/mol. The molecule has 0 atom stereocenters. The van der Waals surface area contributed by atoms with Gasteiger partial charge in [-0.15, -0.1) is 0 Å². The molecule has 38 heavy (non-hydrogen) atoms. The van der Waals surface area contributed by atoms with Gasteiger partial charge in [0.25, 0.3) is 5.69 Å². The van der Waals surface area contributed by atoms with Crippen LogP contribution < -0.4 is 15.5 Å². The molecule has 10 nitrogen and oxygen atoms in total. The van der Waals surface area contributed by atoms with Gasteiger partial charge < -0.3 is 25.7 Å². The Bertz CT molecular complexity index is 1040. The first-order chi connectivity index (χ1) is 17.8. The highest BCUT2D eigenvalue weighted by molar-refractivity contribution is 5.56. The number of aliphatic hydroxyl groups is 2. The average Bonchev–Trinajstić information content (AvgIpc) is 2.83. The highest BCUT2D eigenvalue weighted by Gasteiger charge is 2.24. The van der Waals surface area contributed by atoms with E-state index >= 15 is 0 Å². The molecule has 0 saturated carbocycles. The van der Waals surface area contributed by atoms with E-state index in [1.165, 1.54) is 11.8 Å². The first kappa shape index (κ1) is 29.6. The van der Waals surface area contributed by atoms with E-state index in [0.717, 1.165) is 70.3 Å². The van der Waals surface area contributed by atoms with E-state index in [0.29, 0.717) is 6.54 Å². The molecule has 2 aliphatic rings. The molecular weight excluding hydrogens is 484 g/mol. The van der Waals surface area contributed by atoms with E-state index in [4.69, 9.17) is 5.73 Å². The number of anilines is 3. The maximum absolute atomic E-state index is 10.8. The lowest BCUT2D eigenvalue weighted by atomic mass is 10.1. The molecule has 4 N–H and O–H groups in total. The van der Waals surface area contributed by atoms with Gasteiger partial charge >= 0.3 is 0 Å². The number of nitro groups is 1. The molecule has 2 aromatic carbocycles. The molecule has 4 rings (SSSR count). The van der Waals surface area contributed by atoms with Gasteiger partial charge in [0.15, 0.2) is 0 Å². The quantitative estimate of drug-likeness (QED) is 0.283. The summed E-state index contributed by atoms with van der Waals surface area (Å²) in [5, 5.41) is 30.4. The number of nitrogens with two attached hydrogens (primary N) is 1. The molecule has 2 heterocycles. The van der Waals surface area contributed by atoms with Crippen molar-refractivity contribution in [2.75, 3.05) is 81.0 Å². The summed E-state index contributed by atoms with van der Waals surface area (Å²) < 4.78 is 0. The maximum atomic E-state index is 10.8. The van der Waals surface area contributed by atoms with Crippen LogP contribution in [0.5, 0.6) is 0 Å². The topological polar surface area (TPSA) is 123 Å². The minimum absolute atomic E-state index is 0.126. The summed E-state index contributed by atoms with van der Waals surface area (Å²) in [7, 11) is 0. The summed E-state index contributed by atoms with van der Waals surface area (Å²) in [6, 6.07) is 14.8. The van der Waals surface area contributed by atoms with Crippen molar-refractivity contribution >= 4 is 22.7 Å². The van der Waals surface area contributed by atoms with Crippen molar-refractivity contribution in [3.8, 4) is 0 Å². The third kappa shape index (κ3) is 9.75. The molecule has 0 aliphatic carbocycles. The maximum Gasteiger partial charge on any atom is 0.271 e. The second kappa shape index (κ2) is 12.8. The molecule has 10 heteroatoms. The van der Waals surface area contributed by atoms with Crippen LogP contribution in [0.3, 0.4) is 0 Å². The van der Waals surface area contributed by atoms with Gasteiger partial charge in [-0.25, -0.2) is 0 Å². The summed E-state index contributed by atoms with van der Waals surface area (Å²) in [5.74, 6) is 0. The molecule has 0 spiro atoms. The number of rotatable bonds is 7. The van der Waals surface area contributed by atoms with Gasteiger partial charge in [0.1, 0.15) is 0 Å². The zero-order chi connectivity index (χ0) is 27.9. The molecule has 0 amide bonds. The smallest absolute Gasteiger partial charge is 0.271 e. The molecular formula is C28H44N6O4. The van der Waals surface area contributed by atoms with E-state index in [1.807, 2.05) is 38.1 Å². The number of non-ortho nitro benzene ring substituents is 1. The van der Waals surface area contributed by atoms with E-state index in [1.54, 1.807) is 26.0 Å². The van der Waals surface area contributed by atoms with Crippen molar-refractivity contribution in [2.24, 2.45) is 0 Å². The highest BCUT2D eigenvalue weighted by atomic mass is 16.6. The van der Waals surface area contributed by atoms with Gasteiger partial charge in [-0.2, -0.15) is 0 Å². The number of nitrogens with zero attached hydrogens (tertiary/aromatic N) is 5. The number of piperazine rings is 2. The number of nitro benzene ring substituents is 1. The molecule has 0 unspecified atom stereocenters. The first-order valence-corrected chi connectivity index (χ1v) is 13.3. The van der Waals surface area contributed by atoms with Gasteiger partial charge in [-0.05, 0) is 52.0 Å². The van der Waals surface area contributed by atoms with E-state index in [9.17, 15) is 20.3 Å². The molecule has 0 aromatic heterocycles. The molecule has 2 saturated heterocycles. The fourth-order valence-corrected chi connectivity index (χ4v) is 4.95. The highest BCUT2D eigenvalue weighted by Crippen LogP contribution is 2.23. The van der Waals surface area contributed by atoms with Crippen LogP contribution in [0.1, 0.15) is 27.7 Å². The third-order valence-electron chi connectivity index (χ3n) is 6.61. The van der Waals surface area contributed by atoms with Gasteiger partial charge in [0.2, 0.25) is 0 Å². The Morgan fingerprint density at radius 2 is 1.18 bits per heavy atom. The van der Waals surface area contributed by atoms with Gasteiger partial charge in [-0.1, -0.05) is 12.1 Å². The number of β-amino-alcohol motifs (C(OH)–C–C–N with tert-alkyl or cyclic N) is 2. The standard InChI is InChI=1S/C14H21N3O3.C14H23N3O/c1-14(2,18)11-15-6-8-16(9-7-15)12-4-3-5-13(10-12)17(19)20;1-14(2,18)11-16-6-8-17(9-7-16)13-5-3-4-12(15)10-13/h3-5,10,18H,6-9,11H2,1-2H3;3-5,10,18H,6-9,11,15H2,1-2H3. The monoisotopic (exact) mass is 528 g/mol. The van der Waals surface area contributed by atoms with Crippen molar-refractivity contribution in [2.45, 2.75) is 38.9 Å². The zero-order valence-electron chi connectivity index (χ0n) is 23.2. The Labute approximate surface area is 226 Å². The van der Waals surface area contributed by atoms with Gasteiger partial charge in [0, 0.05) is 94.6 Å². The van der Waals surface area contributed by atoms with Crippen molar-refractivity contribution in [1.29, 1.82) is 0 Å². The van der Waals surface area contributed by atoms with Crippen LogP contribution in [0, 0.1) is 10.1 Å². The summed E-state index contributed by atoms with van der Waals surface area (Å²) in [4.78, 5) is 19.4. The summed E-state index contributed by atoms with van der Waals surface area (Å²) >= 11 is 0. The fraction of sp³-hybridized carbons (Fsp3) is 0.571. The van der Waals surface area contributed by atoms with Crippen molar-refractivity contribution in [3.63, 3.8) is 0 Å². The van der Waals surface area contributed by atoms with E-state index in [2.05, 4.69) is 25.7 Å². The molecule has 210 valence electrons. The van der Waals surface area contributed by atoms with Gasteiger partial charge in [-0.3, -0.25) is 19.9 Å². The van der Waals surface area contributed by atoms with Crippen molar-refractivity contribution in [1.82, 2.24) is 9.80 Å². The van der Waals surface area contributed by atoms with E-state index < -0.39 is 11.2 Å². The van der Waals surface area contributed by atoms with Crippen LogP contribution in [-0.2, 0) is 0 Å². The lowest BCUT2D eigenvalue weighted by Crippen LogP contribution is -2.50. The Hall–Kier alpha value is -2.92. The Morgan fingerprint density at radius 3 is 1.58 bits per heavy atom. The van der Waals surface area contributed by atoms with Crippen LogP contribution in [0.2, 0.25) is 0 Å². The number of hydrogen-bond donors (Lipinski definition) is 3. The number of nitrogen functional groups attached to an aromatic ring is 1. The molecule has 0 radical (unpaired) electrons. The average molecular weight is 529 g/mol. The van der Waals surface area contributed by atoms with Crippen LogP contribution >= 0.6 is 0 Å². The van der Waals surface area contributed by atoms with E-state index in [-0.39, 0.29) is 10.6 Å². The molecule has 2 aromatic rings. The summed E-state index contributed by atoms with van der Waals surface area (Å²) in [5.41, 5.74) is 7.53. The lowest BCUT2D eigenvalue weighted by Gasteiger charge is -2.38. The Morgan fingerprint density at radius 1 is 0.763 bits per heavy atom. The Balaban J connectivity index is 0.000000212. The SMILES string of the molecule is CC(C)(O)CN1CCN(c2cccc(N)c2)CC1.CC(C)(O)CN1CCN(c2cccc([N+](=O)[O-])c2)CC1. The fourth-order valence-electron chi connectivity index (χ4n) is 4.95. The molecule has 0 bridgehead atoms. The van der Waals surface area contributed by atoms with Crippen molar-refractivity contribution < 1.29 is 15.1 Å². The number of benzene rings is 2. The minimum Gasteiger partial charge on any atom is -0.399 e. The van der Waals surface area contributed by atoms with Crippen LogP contribution in [0.4, 0.5) is 22.7 Å². The lowest BCUT2D eigenvalue weighted by molar-refractivity contribution is -0.384. The summed E-state index contributed by atoms with van der Waals surface area (Å²) in [6.07, 6.45) is 0. The summed E-state index contributed by atoms with van der Waals surface area (Å²) in [6.45, 7) is 16.0. The second-order valence-electron chi connectivity index (χ2n) is 11.5. The minimum atomic E-state index is -0.687. The normalized spacial score (nSPS) is 17.6. The van der Waals surface area contributed by atoms with Crippen LogP contribution in [0.15, 0.2) is 48.5 Å². The molecule has 2 aliphatic heterocycles. The number of hydrogen-bond acceptors (Lipinski definition) is 9. The van der Waals surface area contributed by atoms with Crippen molar-refractivity contribution in [3.05, 3.63) is 58.6 Å². The molecule has 2 fully saturated rings. The predicted octanol–water partition coefficient (Wildman–Crippen LogP) is 2.65. The zero-order valence-corrected chi connectivity index (χ0v) is 23.2. The first-order valence-electron chi connectivity index (χ1n) is 13.3. The largest absolute Gasteiger partial charge is 0.399 e. The van der Waals surface area contributed by atoms with Gasteiger partial charge in [0.05, 0.1) is 16.1 Å². The van der Waals surface area contributed by atoms with Crippen LogP contribution in [0.25, 0.3) is 0 Å². The van der Waals surface area contributed by atoms with Crippen LogP contribution in [-0.4, -0.2) is 102 Å². The Kier molecular flexibility index (Phi) is 9.94. The third-order valence-corrected chi connectivity index (χ3v) is 6.61.